The van der Waals surface area contributed by atoms with Gasteiger partial charge in [-0.2, -0.15) is 0 Å². The van der Waals surface area contributed by atoms with E-state index in [0.717, 1.165) is 51.3 Å². The number of piperidine rings is 1. The number of likely N-dealkylation sites (tertiary alicyclic amines) is 2. The molecule has 0 aromatic carbocycles. The molecule has 126 valence electrons. The Morgan fingerprint density at radius 3 is 2.91 bits per heavy atom. The fraction of sp³-hybridized carbons (Fsp3) is 0.765. The summed E-state index contributed by atoms with van der Waals surface area (Å²) in [5.41, 5.74) is 0.592. The first-order valence-electron chi connectivity index (χ1n) is 8.57. The maximum atomic E-state index is 12.6. The first-order valence-corrected chi connectivity index (χ1v) is 8.57. The van der Waals surface area contributed by atoms with Gasteiger partial charge in [-0.25, -0.2) is 0 Å². The largest absolute Gasteiger partial charge is 0.384 e. The van der Waals surface area contributed by atoms with Gasteiger partial charge in [-0.15, -0.1) is 0 Å². The molecule has 0 unspecified atom stereocenters. The molecule has 0 N–H and O–H groups in total. The van der Waals surface area contributed by atoms with Crippen LogP contribution in [0.3, 0.4) is 0 Å². The van der Waals surface area contributed by atoms with Gasteiger partial charge in [-0.1, -0.05) is 5.16 Å². The molecule has 1 saturated carbocycles. The second kappa shape index (κ2) is 5.60. The predicted molar refractivity (Wildman–Crippen MR) is 84.3 cm³/mol. The Morgan fingerprint density at radius 2 is 2.22 bits per heavy atom. The molecular weight excluding hydrogens is 294 g/mol. The highest BCUT2D eigenvalue weighted by atomic mass is 16.5. The molecule has 23 heavy (non-hydrogen) atoms. The van der Waals surface area contributed by atoms with Crippen LogP contribution in [0.2, 0.25) is 0 Å². The summed E-state index contributed by atoms with van der Waals surface area (Å²) in [5, 5.41) is 3.98. The summed E-state index contributed by atoms with van der Waals surface area (Å²) in [4.78, 5) is 16.9. The third-order valence-corrected chi connectivity index (χ3v) is 5.74. The number of ether oxygens (including phenoxy) is 1. The zero-order chi connectivity index (χ0) is 16.0. The van der Waals surface area contributed by atoms with Crippen LogP contribution in [0, 0.1) is 5.92 Å². The molecule has 6 nitrogen and oxygen atoms in total. The second-order valence-corrected chi connectivity index (χ2v) is 7.51. The molecule has 4 rings (SSSR count). The molecule has 2 aliphatic heterocycles. The van der Waals surface area contributed by atoms with Gasteiger partial charge in [-0.3, -0.25) is 9.69 Å². The van der Waals surface area contributed by atoms with Gasteiger partial charge < -0.3 is 14.2 Å². The third-order valence-electron chi connectivity index (χ3n) is 5.74. The fourth-order valence-corrected chi connectivity index (χ4v) is 4.08. The van der Waals surface area contributed by atoms with Crippen molar-refractivity contribution in [2.24, 2.45) is 5.92 Å². The molecule has 0 bridgehead atoms. The minimum atomic E-state index is 0.00791. The summed E-state index contributed by atoms with van der Waals surface area (Å²) in [6, 6.07) is 1.84. The number of carbonyl (C=O) groups is 1. The Balaban J connectivity index is 1.39. The van der Waals surface area contributed by atoms with E-state index in [2.05, 4.69) is 17.1 Å². The van der Waals surface area contributed by atoms with Crippen LogP contribution in [-0.4, -0.2) is 66.8 Å². The third kappa shape index (κ3) is 2.68. The monoisotopic (exact) mass is 319 g/mol. The van der Waals surface area contributed by atoms with E-state index in [-0.39, 0.29) is 11.4 Å². The number of hydrogen-bond acceptors (Lipinski definition) is 5. The van der Waals surface area contributed by atoms with Crippen LogP contribution in [0.25, 0.3) is 0 Å². The fourth-order valence-electron chi connectivity index (χ4n) is 4.08. The molecule has 1 aromatic heterocycles. The molecule has 2 saturated heterocycles. The maximum absolute atomic E-state index is 12.6. The first-order chi connectivity index (χ1) is 11.1. The van der Waals surface area contributed by atoms with Gasteiger partial charge in [0, 0.05) is 38.8 Å². The van der Waals surface area contributed by atoms with Gasteiger partial charge >= 0.3 is 0 Å². The van der Waals surface area contributed by atoms with Crippen LogP contribution in [0.5, 0.6) is 0 Å². The first kappa shape index (κ1) is 15.1. The standard InChI is InChI=1S/C17H25N3O3/c1-19-6-5-12(9-22-2)8-17(19)10-20(11-17)16(21)14-7-15(23-18-14)13-3-4-13/h7,12-13H,3-6,8-11H2,1-2H3/t12-/m0/s1. The van der Waals surface area contributed by atoms with E-state index in [1.54, 1.807) is 7.11 Å². The predicted octanol–water partition coefficient (Wildman–Crippen LogP) is 1.73. The number of hydrogen-bond donors (Lipinski definition) is 0. The van der Waals surface area contributed by atoms with Crippen molar-refractivity contribution in [1.29, 1.82) is 0 Å². The van der Waals surface area contributed by atoms with Crippen molar-refractivity contribution < 1.29 is 14.1 Å². The molecule has 3 heterocycles. The summed E-state index contributed by atoms with van der Waals surface area (Å²) in [6.07, 6.45) is 4.59. The highest BCUT2D eigenvalue weighted by molar-refractivity contribution is 5.93. The molecular formula is C17H25N3O3. The number of likely N-dealkylation sites (N-methyl/N-ethyl adjacent to an activating group) is 1. The molecule has 6 heteroatoms. The van der Waals surface area contributed by atoms with E-state index in [1.807, 2.05) is 11.0 Å². The van der Waals surface area contributed by atoms with Crippen LogP contribution in [0.1, 0.15) is 47.8 Å². The summed E-state index contributed by atoms with van der Waals surface area (Å²) < 4.78 is 10.6. The normalized spacial score (nSPS) is 27.2. The Bertz CT molecular complexity index is 590. The Kier molecular flexibility index (Phi) is 3.69. The van der Waals surface area contributed by atoms with Gasteiger partial charge in [0.1, 0.15) is 5.76 Å². The number of rotatable bonds is 4. The lowest BCUT2D eigenvalue weighted by Crippen LogP contribution is -2.72. The zero-order valence-electron chi connectivity index (χ0n) is 14.0. The molecule has 1 aromatic rings. The molecule has 1 spiro atoms. The van der Waals surface area contributed by atoms with Crippen LogP contribution in [-0.2, 0) is 4.74 Å². The Labute approximate surface area is 136 Å². The highest BCUT2D eigenvalue weighted by Crippen LogP contribution is 2.41. The van der Waals surface area contributed by atoms with Crippen molar-refractivity contribution in [3.05, 3.63) is 17.5 Å². The molecule has 0 radical (unpaired) electrons. The van der Waals surface area contributed by atoms with Gasteiger partial charge in [0.25, 0.3) is 5.91 Å². The van der Waals surface area contributed by atoms with E-state index in [0.29, 0.717) is 17.5 Å². The van der Waals surface area contributed by atoms with E-state index < -0.39 is 0 Å². The lowest BCUT2D eigenvalue weighted by molar-refractivity contribution is -0.0733. The molecule has 3 fully saturated rings. The average molecular weight is 319 g/mol. The Hall–Kier alpha value is -1.40. The minimum absolute atomic E-state index is 0.00791. The van der Waals surface area contributed by atoms with E-state index in [4.69, 9.17) is 9.26 Å². The number of nitrogens with zero attached hydrogens (tertiary/aromatic N) is 3. The number of carbonyl (C=O) groups excluding carboxylic acids is 1. The van der Waals surface area contributed by atoms with E-state index in [9.17, 15) is 4.79 Å². The minimum Gasteiger partial charge on any atom is -0.384 e. The van der Waals surface area contributed by atoms with Gasteiger partial charge in [0.15, 0.2) is 5.69 Å². The van der Waals surface area contributed by atoms with Crippen LogP contribution in [0.15, 0.2) is 10.6 Å². The quantitative estimate of drug-likeness (QED) is 0.846. The summed E-state index contributed by atoms with van der Waals surface area (Å²) in [6.45, 7) is 3.46. The van der Waals surface area contributed by atoms with Gasteiger partial charge in [-0.05, 0) is 45.2 Å². The molecule has 1 atom stereocenters. The summed E-state index contributed by atoms with van der Waals surface area (Å²) in [7, 11) is 3.94. The smallest absolute Gasteiger partial charge is 0.276 e. The Morgan fingerprint density at radius 1 is 1.43 bits per heavy atom. The number of methoxy groups -OCH3 is 1. The second-order valence-electron chi connectivity index (χ2n) is 7.51. The van der Waals surface area contributed by atoms with Crippen molar-refractivity contribution >= 4 is 5.91 Å². The topological polar surface area (TPSA) is 58.8 Å². The maximum Gasteiger partial charge on any atom is 0.276 e. The van der Waals surface area contributed by atoms with E-state index in [1.165, 1.54) is 6.42 Å². The van der Waals surface area contributed by atoms with Crippen molar-refractivity contribution in [3.63, 3.8) is 0 Å². The molecule has 1 amide bonds. The number of aromatic nitrogens is 1. The molecule has 3 aliphatic rings. The zero-order valence-corrected chi connectivity index (χ0v) is 14.0. The van der Waals surface area contributed by atoms with Gasteiger partial charge in [0.05, 0.1) is 5.54 Å². The van der Waals surface area contributed by atoms with Gasteiger partial charge in [0.2, 0.25) is 0 Å². The van der Waals surface area contributed by atoms with Crippen molar-refractivity contribution in [1.82, 2.24) is 15.0 Å². The summed E-state index contributed by atoms with van der Waals surface area (Å²) in [5.74, 6) is 1.97. The molecule has 1 aliphatic carbocycles. The summed E-state index contributed by atoms with van der Waals surface area (Å²) >= 11 is 0. The van der Waals surface area contributed by atoms with E-state index >= 15 is 0 Å². The van der Waals surface area contributed by atoms with Crippen molar-refractivity contribution in [2.75, 3.05) is 40.4 Å². The van der Waals surface area contributed by atoms with Crippen molar-refractivity contribution in [3.8, 4) is 0 Å². The SMILES string of the molecule is COC[C@H]1CCN(C)C2(C1)CN(C(=O)c1cc(C3CC3)on1)C2. The highest BCUT2D eigenvalue weighted by Gasteiger charge is 2.51. The van der Waals surface area contributed by atoms with Crippen LogP contribution in [0.4, 0.5) is 0 Å². The number of amides is 1. The average Bonchev–Trinajstić information content (AvgIpc) is 3.24. The lowest BCUT2D eigenvalue weighted by atomic mass is 9.75. The van der Waals surface area contributed by atoms with Crippen LogP contribution >= 0.6 is 0 Å². The van der Waals surface area contributed by atoms with Crippen molar-refractivity contribution in [2.45, 2.75) is 37.1 Å². The lowest BCUT2D eigenvalue weighted by Gasteiger charge is -2.58. The van der Waals surface area contributed by atoms with Crippen LogP contribution < -0.4 is 0 Å².